The number of likely N-dealkylation sites (N-methyl/N-ethyl adjacent to an activating group) is 1. The molecule has 0 unspecified atom stereocenters. The molecule has 1 N–H and O–H groups in total. The zero-order chi connectivity index (χ0) is 20.4. The van der Waals surface area contributed by atoms with Crippen molar-refractivity contribution in [2.24, 2.45) is 0 Å². The molecule has 0 radical (unpaired) electrons. The molecule has 28 heavy (non-hydrogen) atoms. The Morgan fingerprint density at radius 1 is 1.04 bits per heavy atom. The number of fused-ring (bicyclic) bond motifs is 1. The predicted octanol–water partition coefficient (Wildman–Crippen LogP) is 3.75. The molecule has 0 aliphatic heterocycles. The summed E-state index contributed by atoms with van der Waals surface area (Å²) in [6, 6.07) is 13.2. The second-order valence-corrected chi connectivity index (χ2v) is 7.53. The summed E-state index contributed by atoms with van der Waals surface area (Å²) >= 11 is 0. The first-order valence-electron chi connectivity index (χ1n) is 9.32. The fourth-order valence-corrected chi connectivity index (χ4v) is 3.38. The van der Waals surface area contributed by atoms with Gasteiger partial charge >= 0.3 is 0 Å². The number of carbonyl (C=O) groups excluding carboxylic acids is 1. The lowest BCUT2D eigenvalue weighted by atomic mass is 10.0. The van der Waals surface area contributed by atoms with E-state index >= 15 is 0 Å². The van der Waals surface area contributed by atoms with Crippen LogP contribution in [0.4, 0.5) is 0 Å². The van der Waals surface area contributed by atoms with Crippen molar-refractivity contribution in [3.8, 4) is 0 Å². The van der Waals surface area contributed by atoms with E-state index in [2.05, 4.69) is 34.5 Å². The molecule has 0 saturated heterocycles. The van der Waals surface area contributed by atoms with Gasteiger partial charge in [-0.05, 0) is 57.6 Å². The van der Waals surface area contributed by atoms with Gasteiger partial charge in [0.1, 0.15) is 5.58 Å². The second-order valence-electron chi connectivity index (χ2n) is 7.53. The van der Waals surface area contributed by atoms with Gasteiger partial charge in [-0.25, -0.2) is 0 Å². The lowest BCUT2D eigenvalue weighted by Crippen LogP contribution is -2.34. The van der Waals surface area contributed by atoms with Crippen molar-refractivity contribution in [3.63, 3.8) is 0 Å². The number of hydrogen-bond donors (Lipinski definition) is 1. The van der Waals surface area contributed by atoms with E-state index in [9.17, 15) is 9.59 Å². The van der Waals surface area contributed by atoms with Crippen molar-refractivity contribution in [1.82, 2.24) is 10.2 Å². The first-order valence-corrected chi connectivity index (χ1v) is 9.32. The fraction of sp³-hybridized carbons (Fsp3) is 0.304. The SMILES string of the molecule is Cc1ccc([C@H](CNC(=O)c2cc(=O)c3cc(C)cc(C)c3o2)N(C)C)cc1. The molecule has 0 aliphatic carbocycles. The van der Waals surface area contributed by atoms with Crippen LogP contribution < -0.4 is 10.7 Å². The summed E-state index contributed by atoms with van der Waals surface area (Å²) < 4.78 is 5.78. The van der Waals surface area contributed by atoms with Crippen LogP contribution >= 0.6 is 0 Å². The Labute approximate surface area is 165 Å². The summed E-state index contributed by atoms with van der Waals surface area (Å²) in [5, 5.41) is 3.40. The van der Waals surface area contributed by atoms with Gasteiger partial charge in [-0.3, -0.25) is 9.59 Å². The van der Waals surface area contributed by atoms with Crippen LogP contribution in [0.3, 0.4) is 0 Å². The number of benzene rings is 2. The van der Waals surface area contributed by atoms with E-state index in [1.165, 1.54) is 11.6 Å². The first-order chi connectivity index (χ1) is 13.3. The number of amides is 1. The van der Waals surface area contributed by atoms with E-state index in [0.717, 1.165) is 16.7 Å². The molecule has 1 amide bonds. The van der Waals surface area contributed by atoms with Crippen LogP contribution in [0, 0.1) is 20.8 Å². The van der Waals surface area contributed by atoms with Crippen LogP contribution in [0.25, 0.3) is 11.0 Å². The molecule has 0 bridgehead atoms. The highest BCUT2D eigenvalue weighted by molar-refractivity contribution is 5.93. The maximum absolute atomic E-state index is 12.7. The standard InChI is InChI=1S/C23H26N2O3/c1-14-6-8-17(9-7-14)19(25(4)5)13-24-23(27)21-12-20(26)18-11-15(2)10-16(3)22(18)28-21/h6-12,19H,13H2,1-5H3,(H,24,27)/t19-/m0/s1. The molecule has 0 aliphatic rings. The van der Waals surface area contributed by atoms with Crippen molar-refractivity contribution >= 4 is 16.9 Å². The van der Waals surface area contributed by atoms with Crippen LogP contribution in [0.15, 0.2) is 51.7 Å². The molecular weight excluding hydrogens is 352 g/mol. The molecule has 5 nitrogen and oxygen atoms in total. The highest BCUT2D eigenvalue weighted by Crippen LogP contribution is 2.20. The van der Waals surface area contributed by atoms with Gasteiger partial charge < -0.3 is 14.6 Å². The minimum atomic E-state index is -0.391. The summed E-state index contributed by atoms with van der Waals surface area (Å²) in [6.07, 6.45) is 0. The fourth-order valence-electron chi connectivity index (χ4n) is 3.38. The van der Waals surface area contributed by atoms with E-state index in [1.807, 2.05) is 40.9 Å². The molecule has 1 atom stereocenters. The number of nitrogens with zero attached hydrogens (tertiary/aromatic N) is 1. The number of rotatable bonds is 5. The molecule has 0 saturated carbocycles. The molecule has 3 rings (SSSR count). The first kappa shape index (κ1) is 19.8. The van der Waals surface area contributed by atoms with Crippen molar-refractivity contribution in [3.05, 3.63) is 80.7 Å². The summed E-state index contributed by atoms with van der Waals surface area (Å²) in [6.45, 7) is 6.25. The minimum Gasteiger partial charge on any atom is -0.450 e. The summed E-state index contributed by atoms with van der Waals surface area (Å²) in [5.41, 5.74) is 4.39. The maximum atomic E-state index is 12.7. The Bertz CT molecular complexity index is 1070. The average molecular weight is 378 g/mol. The molecule has 5 heteroatoms. The van der Waals surface area contributed by atoms with Gasteiger partial charge in [0.25, 0.3) is 5.91 Å². The minimum absolute atomic E-state index is 0.0149. The van der Waals surface area contributed by atoms with E-state index < -0.39 is 5.91 Å². The largest absolute Gasteiger partial charge is 0.450 e. The van der Waals surface area contributed by atoms with E-state index in [-0.39, 0.29) is 17.2 Å². The van der Waals surface area contributed by atoms with Gasteiger partial charge in [-0.1, -0.05) is 35.9 Å². The molecule has 146 valence electrons. The molecule has 0 fully saturated rings. The third kappa shape index (κ3) is 4.15. The molecular formula is C23H26N2O3. The molecule has 2 aromatic carbocycles. The summed E-state index contributed by atoms with van der Waals surface area (Å²) in [5.74, 6) is -0.358. The van der Waals surface area contributed by atoms with Gasteiger partial charge in [0.15, 0.2) is 11.2 Å². The quantitative estimate of drug-likeness (QED) is 0.734. The third-order valence-electron chi connectivity index (χ3n) is 4.92. The Morgan fingerprint density at radius 3 is 2.36 bits per heavy atom. The van der Waals surface area contributed by atoms with E-state index in [4.69, 9.17) is 4.42 Å². The number of nitrogens with one attached hydrogen (secondary N) is 1. The number of aryl methyl sites for hydroxylation is 3. The van der Waals surface area contributed by atoms with Crippen LogP contribution in [-0.2, 0) is 0 Å². The monoisotopic (exact) mass is 378 g/mol. The zero-order valence-electron chi connectivity index (χ0n) is 17.0. The zero-order valence-corrected chi connectivity index (χ0v) is 17.0. The van der Waals surface area contributed by atoms with Gasteiger partial charge in [-0.15, -0.1) is 0 Å². The lowest BCUT2D eigenvalue weighted by Gasteiger charge is -2.25. The summed E-state index contributed by atoms with van der Waals surface area (Å²) in [4.78, 5) is 27.2. The van der Waals surface area contributed by atoms with Crippen LogP contribution in [-0.4, -0.2) is 31.4 Å². The number of hydrogen-bond acceptors (Lipinski definition) is 4. The summed E-state index contributed by atoms with van der Waals surface area (Å²) in [7, 11) is 3.94. The van der Waals surface area contributed by atoms with Crippen molar-refractivity contribution < 1.29 is 9.21 Å². The van der Waals surface area contributed by atoms with Crippen LogP contribution in [0.2, 0.25) is 0 Å². The molecule has 3 aromatic rings. The lowest BCUT2D eigenvalue weighted by molar-refractivity contribution is 0.0914. The highest BCUT2D eigenvalue weighted by atomic mass is 16.3. The van der Waals surface area contributed by atoms with Crippen LogP contribution in [0.1, 0.15) is 38.9 Å². The highest BCUT2D eigenvalue weighted by Gasteiger charge is 2.18. The van der Waals surface area contributed by atoms with Crippen molar-refractivity contribution in [2.75, 3.05) is 20.6 Å². The van der Waals surface area contributed by atoms with Gasteiger partial charge in [0, 0.05) is 12.6 Å². The van der Waals surface area contributed by atoms with Gasteiger partial charge in [0.05, 0.1) is 11.4 Å². The third-order valence-corrected chi connectivity index (χ3v) is 4.92. The molecule has 1 aromatic heterocycles. The average Bonchev–Trinajstić information content (AvgIpc) is 2.63. The van der Waals surface area contributed by atoms with Crippen molar-refractivity contribution in [2.45, 2.75) is 26.8 Å². The van der Waals surface area contributed by atoms with E-state index in [0.29, 0.717) is 17.5 Å². The van der Waals surface area contributed by atoms with E-state index in [1.54, 1.807) is 6.07 Å². The smallest absolute Gasteiger partial charge is 0.287 e. The van der Waals surface area contributed by atoms with Crippen LogP contribution in [0.5, 0.6) is 0 Å². The van der Waals surface area contributed by atoms with Gasteiger partial charge in [0.2, 0.25) is 0 Å². The predicted molar refractivity (Wildman–Crippen MR) is 112 cm³/mol. The topological polar surface area (TPSA) is 62.6 Å². The Kier molecular flexibility index (Phi) is 5.66. The Morgan fingerprint density at radius 2 is 1.71 bits per heavy atom. The normalized spacial score (nSPS) is 12.4. The molecule has 0 spiro atoms. The second kappa shape index (κ2) is 7.98. The Balaban J connectivity index is 1.84. The van der Waals surface area contributed by atoms with Crippen molar-refractivity contribution in [1.29, 1.82) is 0 Å². The number of carbonyl (C=O) groups is 1. The maximum Gasteiger partial charge on any atom is 0.287 e. The van der Waals surface area contributed by atoms with Gasteiger partial charge in [-0.2, -0.15) is 0 Å². The Hall–Kier alpha value is -2.92. The molecule has 1 heterocycles.